The number of benzene rings is 7. The van der Waals surface area contributed by atoms with E-state index in [9.17, 15) is 0 Å². The largest absolute Gasteiger partial charge is 0.256 e. The number of aromatic nitrogens is 4. The molecule has 9 aromatic rings. The molecule has 55 heavy (non-hydrogen) atoms. The van der Waals surface area contributed by atoms with Crippen molar-refractivity contribution in [1.29, 1.82) is 0 Å². The summed E-state index contributed by atoms with van der Waals surface area (Å²) < 4.78 is 0. The molecule has 0 radical (unpaired) electrons. The first-order valence-electron chi connectivity index (χ1n) is 18.6. The molecule has 0 aliphatic heterocycles. The topological polar surface area (TPSA) is 51.6 Å². The maximum atomic E-state index is 5.12. The molecule has 2 heterocycles. The van der Waals surface area contributed by atoms with Gasteiger partial charge in [-0.3, -0.25) is 4.98 Å². The minimum Gasteiger partial charge on any atom is -0.256 e. The van der Waals surface area contributed by atoms with Crippen molar-refractivity contribution in [2.45, 2.75) is 5.41 Å². The Morgan fingerprint density at radius 2 is 0.782 bits per heavy atom. The maximum absolute atomic E-state index is 5.12. The second kappa shape index (κ2) is 12.4. The average Bonchev–Trinajstić information content (AvgIpc) is 3.75. The van der Waals surface area contributed by atoms with Gasteiger partial charge in [0.1, 0.15) is 0 Å². The Balaban J connectivity index is 1.07. The van der Waals surface area contributed by atoms with Gasteiger partial charge in [-0.15, -0.1) is 0 Å². The fourth-order valence-electron chi connectivity index (χ4n) is 8.88. The van der Waals surface area contributed by atoms with E-state index >= 15 is 0 Å². The number of hydrogen-bond acceptors (Lipinski definition) is 4. The van der Waals surface area contributed by atoms with Gasteiger partial charge in [0.2, 0.25) is 0 Å². The Labute approximate surface area is 319 Å². The summed E-state index contributed by atoms with van der Waals surface area (Å²) in [6.45, 7) is 0. The summed E-state index contributed by atoms with van der Waals surface area (Å²) in [6, 6.07) is 66.7. The van der Waals surface area contributed by atoms with Crippen LogP contribution in [0.15, 0.2) is 194 Å². The average molecular weight is 701 g/mol. The van der Waals surface area contributed by atoms with Crippen molar-refractivity contribution in [3.05, 3.63) is 217 Å². The van der Waals surface area contributed by atoms with E-state index in [0.717, 1.165) is 33.5 Å². The van der Waals surface area contributed by atoms with Crippen molar-refractivity contribution in [2.24, 2.45) is 0 Å². The molecule has 11 rings (SSSR count). The van der Waals surface area contributed by atoms with Crippen molar-refractivity contribution in [1.82, 2.24) is 19.9 Å². The molecule has 2 aromatic heterocycles. The van der Waals surface area contributed by atoms with E-state index in [0.29, 0.717) is 17.5 Å². The molecular formula is C51H32N4. The molecule has 0 N–H and O–H groups in total. The molecule has 0 atom stereocenters. The van der Waals surface area contributed by atoms with Crippen molar-refractivity contribution in [3.63, 3.8) is 0 Å². The molecule has 0 bridgehead atoms. The van der Waals surface area contributed by atoms with E-state index in [4.69, 9.17) is 15.0 Å². The van der Waals surface area contributed by atoms with Gasteiger partial charge in [0.25, 0.3) is 0 Å². The summed E-state index contributed by atoms with van der Waals surface area (Å²) in [7, 11) is 0. The summed E-state index contributed by atoms with van der Waals surface area (Å²) in [5, 5.41) is 0. The smallest absolute Gasteiger partial charge is 0.164 e. The van der Waals surface area contributed by atoms with Crippen molar-refractivity contribution in [3.8, 4) is 78.8 Å². The fraction of sp³-hybridized carbons (Fsp3) is 0.0196. The van der Waals surface area contributed by atoms with E-state index in [-0.39, 0.29) is 0 Å². The lowest BCUT2D eigenvalue weighted by atomic mass is 9.70. The Morgan fingerprint density at radius 3 is 1.45 bits per heavy atom. The van der Waals surface area contributed by atoms with E-state index < -0.39 is 5.41 Å². The van der Waals surface area contributed by atoms with Crippen LogP contribution in [0.25, 0.3) is 78.8 Å². The van der Waals surface area contributed by atoms with Gasteiger partial charge in [0.05, 0.1) is 11.1 Å². The van der Waals surface area contributed by atoms with Crippen LogP contribution in [0, 0.1) is 0 Å². The Kier molecular flexibility index (Phi) is 7.04. The predicted octanol–water partition coefficient (Wildman–Crippen LogP) is 11.9. The molecule has 256 valence electrons. The molecule has 1 spiro atoms. The van der Waals surface area contributed by atoms with E-state index in [1.54, 1.807) is 0 Å². The molecule has 0 amide bonds. The molecule has 7 aromatic carbocycles. The quantitative estimate of drug-likeness (QED) is 0.179. The third-order valence-electron chi connectivity index (χ3n) is 11.2. The number of nitrogens with zero attached hydrogens (tertiary/aromatic N) is 4. The molecule has 0 saturated carbocycles. The van der Waals surface area contributed by atoms with Gasteiger partial charge in [0.15, 0.2) is 17.5 Å². The minimum absolute atomic E-state index is 0.396. The Bertz CT molecular complexity index is 2870. The zero-order chi connectivity index (χ0) is 36.3. The first-order valence-corrected chi connectivity index (χ1v) is 18.6. The fourth-order valence-corrected chi connectivity index (χ4v) is 8.88. The highest BCUT2D eigenvalue weighted by molar-refractivity contribution is 6.00. The lowest BCUT2D eigenvalue weighted by molar-refractivity contribution is 0.794. The normalized spacial score (nSPS) is 12.9. The highest BCUT2D eigenvalue weighted by atomic mass is 15.0. The SMILES string of the molecule is c1ccc(-c2nc(-c3ccc(-c4ccccn4)cc3)nc(-c3cccc(-c4cccc5c4-c4ccccc4C54c5ccccc5-c5ccccc54)c3)n2)cc1. The lowest BCUT2D eigenvalue weighted by Gasteiger charge is -2.30. The first-order chi connectivity index (χ1) is 27.3. The molecule has 2 aliphatic rings. The van der Waals surface area contributed by atoms with Gasteiger partial charge in [-0.2, -0.15) is 0 Å². The lowest BCUT2D eigenvalue weighted by Crippen LogP contribution is -2.25. The third-order valence-corrected chi connectivity index (χ3v) is 11.2. The first kappa shape index (κ1) is 31.2. The van der Waals surface area contributed by atoms with Gasteiger partial charge < -0.3 is 0 Å². The van der Waals surface area contributed by atoms with E-state index in [2.05, 4.69) is 145 Å². The third kappa shape index (κ3) is 4.78. The Hall–Kier alpha value is -7.30. The molecule has 4 heteroatoms. The van der Waals surface area contributed by atoms with Crippen LogP contribution in [-0.4, -0.2) is 19.9 Å². The minimum atomic E-state index is -0.396. The van der Waals surface area contributed by atoms with Gasteiger partial charge in [0, 0.05) is 28.5 Å². The standard InChI is InChI=1S/C51H32N4/c1-2-14-34(15-3-1)48-53-49(35-29-27-33(28-30-35)46-26-10-11-31-52-46)55-50(54-48)37-17-12-16-36(32-37)38-21-13-25-45-47(38)41-20-6-9-24-44(41)51(45)42-22-7-4-18-39(42)40-19-5-8-23-43(40)51/h1-32H. The van der Waals surface area contributed by atoms with Crippen molar-refractivity contribution in [2.75, 3.05) is 0 Å². The molecule has 0 saturated heterocycles. The van der Waals surface area contributed by atoms with Crippen LogP contribution >= 0.6 is 0 Å². The van der Waals surface area contributed by atoms with E-state index in [1.807, 2.05) is 54.7 Å². The Morgan fingerprint density at radius 1 is 0.309 bits per heavy atom. The number of rotatable bonds is 5. The summed E-state index contributed by atoms with van der Waals surface area (Å²) in [6.07, 6.45) is 1.81. The van der Waals surface area contributed by atoms with Crippen LogP contribution in [-0.2, 0) is 5.41 Å². The number of fused-ring (bicyclic) bond motifs is 10. The second-order valence-electron chi connectivity index (χ2n) is 14.2. The molecular weight excluding hydrogens is 669 g/mol. The monoisotopic (exact) mass is 700 g/mol. The molecule has 4 nitrogen and oxygen atoms in total. The van der Waals surface area contributed by atoms with Crippen LogP contribution in [0.1, 0.15) is 22.3 Å². The predicted molar refractivity (Wildman–Crippen MR) is 221 cm³/mol. The van der Waals surface area contributed by atoms with Crippen LogP contribution in [0.5, 0.6) is 0 Å². The highest BCUT2D eigenvalue weighted by Gasteiger charge is 2.51. The summed E-state index contributed by atoms with van der Waals surface area (Å²) in [5.74, 6) is 1.88. The maximum Gasteiger partial charge on any atom is 0.164 e. The van der Waals surface area contributed by atoms with Gasteiger partial charge >= 0.3 is 0 Å². The van der Waals surface area contributed by atoms with Gasteiger partial charge in [-0.1, -0.05) is 170 Å². The van der Waals surface area contributed by atoms with Crippen molar-refractivity contribution < 1.29 is 0 Å². The van der Waals surface area contributed by atoms with E-state index in [1.165, 1.54) is 50.1 Å². The van der Waals surface area contributed by atoms with Crippen molar-refractivity contribution >= 4 is 0 Å². The zero-order valence-electron chi connectivity index (χ0n) is 29.8. The molecule has 2 aliphatic carbocycles. The van der Waals surface area contributed by atoms with Gasteiger partial charge in [-0.05, 0) is 73.8 Å². The summed E-state index contributed by atoms with van der Waals surface area (Å²) >= 11 is 0. The summed E-state index contributed by atoms with van der Waals surface area (Å²) in [5.41, 5.74) is 17.1. The molecule has 0 fully saturated rings. The van der Waals surface area contributed by atoms with Crippen LogP contribution in [0.2, 0.25) is 0 Å². The highest BCUT2D eigenvalue weighted by Crippen LogP contribution is 2.63. The molecule has 0 unspecified atom stereocenters. The number of hydrogen-bond donors (Lipinski definition) is 0. The number of pyridine rings is 1. The van der Waals surface area contributed by atoms with Crippen LogP contribution in [0.3, 0.4) is 0 Å². The van der Waals surface area contributed by atoms with Crippen LogP contribution < -0.4 is 0 Å². The zero-order valence-corrected chi connectivity index (χ0v) is 29.8. The van der Waals surface area contributed by atoms with Crippen LogP contribution in [0.4, 0.5) is 0 Å². The summed E-state index contributed by atoms with van der Waals surface area (Å²) in [4.78, 5) is 19.7. The van der Waals surface area contributed by atoms with Gasteiger partial charge in [-0.25, -0.2) is 15.0 Å². The second-order valence-corrected chi connectivity index (χ2v) is 14.2.